The van der Waals surface area contributed by atoms with Crippen LogP contribution in [0.2, 0.25) is 0 Å². The van der Waals surface area contributed by atoms with E-state index in [1.165, 1.54) is 6.92 Å². The van der Waals surface area contributed by atoms with Crippen LogP contribution in [-0.4, -0.2) is 29.6 Å². The summed E-state index contributed by atoms with van der Waals surface area (Å²) < 4.78 is 0.970. The summed E-state index contributed by atoms with van der Waals surface area (Å²) >= 11 is 3.37. The summed E-state index contributed by atoms with van der Waals surface area (Å²) in [4.78, 5) is 22.1. The molecule has 0 spiro atoms. The van der Waals surface area contributed by atoms with Gasteiger partial charge < -0.3 is 10.4 Å². The topological polar surface area (TPSA) is 78.4 Å². The van der Waals surface area contributed by atoms with Crippen LogP contribution in [0.1, 0.15) is 12.5 Å². The molecule has 0 heterocycles. The molecule has 1 amide bonds. The number of carboxylic acids is 1. The van der Waals surface area contributed by atoms with Gasteiger partial charge in [0.25, 0.3) is 0 Å². The van der Waals surface area contributed by atoms with E-state index < -0.39 is 12.0 Å². The van der Waals surface area contributed by atoms with Gasteiger partial charge in [-0.3, -0.25) is 14.9 Å². The van der Waals surface area contributed by atoms with Crippen LogP contribution in [0.4, 0.5) is 5.69 Å². The van der Waals surface area contributed by atoms with Gasteiger partial charge in [0.15, 0.2) is 0 Å². The minimum Gasteiger partial charge on any atom is -0.480 e. The molecular weight excluding hydrogens is 300 g/mol. The molecule has 0 fully saturated rings. The molecule has 98 valence electrons. The standard InChI is InChI=1S/C12H15BrN2O3/c1-7-5-9(3-4-10(7)13)15-11(16)6-14-8(2)12(17)18/h3-5,8,14H,6H2,1-2H3,(H,15,16)(H,17,18). The Morgan fingerprint density at radius 1 is 1.44 bits per heavy atom. The van der Waals surface area contributed by atoms with Crippen LogP contribution in [-0.2, 0) is 9.59 Å². The van der Waals surface area contributed by atoms with Gasteiger partial charge >= 0.3 is 5.97 Å². The minimum absolute atomic E-state index is 0.0391. The van der Waals surface area contributed by atoms with Crippen molar-refractivity contribution < 1.29 is 14.7 Å². The third-order valence-electron chi connectivity index (χ3n) is 2.38. The maximum absolute atomic E-state index is 11.6. The molecular formula is C12H15BrN2O3. The van der Waals surface area contributed by atoms with E-state index >= 15 is 0 Å². The number of benzene rings is 1. The van der Waals surface area contributed by atoms with Crippen molar-refractivity contribution in [3.05, 3.63) is 28.2 Å². The number of carbonyl (C=O) groups is 2. The first-order valence-electron chi connectivity index (χ1n) is 5.42. The molecule has 1 aromatic carbocycles. The van der Waals surface area contributed by atoms with Crippen LogP contribution in [0.15, 0.2) is 22.7 Å². The summed E-state index contributed by atoms with van der Waals surface area (Å²) in [6, 6.07) is 4.71. The summed E-state index contributed by atoms with van der Waals surface area (Å²) in [5, 5.41) is 13.9. The van der Waals surface area contributed by atoms with E-state index in [1.54, 1.807) is 6.07 Å². The van der Waals surface area contributed by atoms with E-state index in [9.17, 15) is 9.59 Å². The second kappa shape index (κ2) is 6.51. The molecule has 1 aromatic rings. The molecule has 6 heteroatoms. The predicted molar refractivity (Wildman–Crippen MR) is 72.6 cm³/mol. The highest BCUT2D eigenvalue weighted by atomic mass is 79.9. The first kappa shape index (κ1) is 14.7. The first-order chi connectivity index (χ1) is 8.40. The fourth-order valence-corrected chi connectivity index (χ4v) is 1.51. The number of rotatable bonds is 5. The number of aliphatic carboxylic acids is 1. The van der Waals surface area contributed by atoms with Gasteiger partial charge in [0.1, 0.15) is 6.04 Å². The van der Waals surface area contributed by atoms with Gasteiger partial charge in [-0.25, -0.2) is 0 Å². The van der Waals surface area contributed by atoms with Crippen molar-refractivity contribution in [2.75, 3.05) is 11.9 Å². The van der Waals surface area contributed by atoms with Crippen LogP contribution in [0.3, 0.4) is 0 Å². The zero-order valence-corrected chi connectivity index (χ0v) is 11.7. The Bertz CT molecular complexity index is 463. The van der Waals surface area contributed by atoms with E-state index in [1.807, 2.05) is 19.1 Å². The fraction of sp³-hybridized carbons (Fsp3) is 0.333. The Hall–Kier alpha value is -1.40. The second-order valence-electron chi connectivity index (χ2n) is 3.95. The summed E-state index contributed by atoms with van der Waals surface area (Å²) in [5.74, 6) is -1.26. The summed E-state index contributed by atoms with van der Waals surface area (Å²) in [7, 11) is 0. The molecule has 0 radical (unpaired) electrons. The number of amides is 1. The average Bonchev–Trinajstić information content (AvgIpc) is 2.30. The molecule has 0 saturated heterocycles. The van der Waals surface area contributed by atoms with E-state index in [4.69, 9.17) is 5.11 Å². The molecule has 1 atom stereocenters. The van der Waals surface area contributed by atoms with Gasteiger partial charge in [-0.05, 0) is 37.6 Å². The van der Waals surface area contributed by atoms with E-state index in [0.29, 0.717) is 5.69 Å². The van der Waals surface area contributed by atoms with Crippen molar-refractivity contribution in [1.82, 2.24) is 5.32 Å². The first-order valence-corrected chi connectivity index (χ1v) is 6.21. The quantitative estimate of drug-likeness (QED) is 0.774. The molecule has 0 aromatic heterocycles. The van der Waals surface area contributed by atoms with Crippen LogP contribution in [0, 0.1) is 6.92 Å². The molecule has 0 aliphatic rings. The number of aryl methyl sites for hydroxylation is 1. The second-order valence-corrected chi connectivity index (χ2v) is 4.81. The van der Waals surface area contributed by atoms with Crippen molar-refractivity contribution >= 4 is 33.5 Å². The van der Waals surface area contributed by atoms with E-state index in [2.05, 4.69) is 26.6 Å². The third kappa shape index (κ3) is 4.46. The molecule has 1 rings (SSSR count). The highest BCUT2D eigenvalue weighted by Gasteiger charge is 2.11. The number of halogens is 1. The number of hydrogen-bond acceptors (Lipinski definition) is 3. The van der Waals surface area contributed by atoms with Crippen molar-refractivity contribution in [1.29, 1.82) is 0 Å². The Morgan fingerprint density at radius 3 is 2.67 bits per heavy atom. The Kier molecular flexibility index (Phi) is 5.30. The smallest absolute Gasteiger partial charge is 0.320 e. The molecule has 0 aliphatic heterocycles. The van der Waals surface area contributed by atoms with Gasteiger partial charge in [-0.1, -0.05) is 15.9 Å². The lowest BCUT2D eigenvalue weighted by Crippen LogP contribution is -2.39. The zero-order valence-electron chi connectivity index (χ0n) is 10.2. The SMILES string of the molecule is Cc1cc(NC(=O)CNC(C)C(=O)O)ccc1Br. The van der Waals surface area contributed by atoms with Crippen LogP contribution in [0.25, 0.3) is 0 Å². The number of carbonyl (C=O) groups excluding carboxylic acids is 1. The molecule has 5 nitrogen and oxygen atoms in total. The van der Waals surface area contributed by atoms with Crippen LogP contribution in [0.5, 0.6) is 0 Å². The Morgan fingerprint density at radius 2 is 2.11 bits per heavy atom. The monoisotopic (exact) mass is 314 g/mol. The van der Waals surface area contributed by atoms with E-state index in [0.717, 1.165) is 10.0 Å². The lowest BCUT2D eigenvalue weighted by molar-refractivity contribution is -0.139. The maximum atomic E-state index is 11.6. The van der Waals surface area contributed by atoms with Gasteiger partial charge in [0, 0.05) is 10.2 Å². The molecule has 0 saturated carbocycles. The number of nitrogens with one attached hydrogen (secondary N) is 2. The number of carboxylic acid groups (broad SMARTS) is 1. The van der Waals surface area contributed by atoms with Gasteiger partial charge in [0.05, 0.1) is 6.54 Å². The lowest BCUT2D eigenvalue weighted by Gasteiger charge is -2.10. The molecule has 0 aliphatic carbocycles. The van der Waals surface area contributed by atoms with Crippen molar-refractivity contribution in [2.45, 2.75) is 19.9 Å². The Labute approximate surface area is 114 Å². The third-order valence-corrected chi connectivity index (χ3v) is 3.27. The molecule has 18 heavy (non-hydrogen) atoms. The number of hydrogen-bond donors (Lipinski definition) is 3. The summed E-state index contributed by atoms with van der Waals surface area (Å²) in [6.07, 6.45) is 0. The van der Waals surface area contributed by atoms with Crippen molar-refractivity contribution in [2.24, 2.45) is 0 Å². The summed E-state index contributed by atoms with van der Waals surface area (Å²) in [6.45, 7) is 3.37. The zero-order chi connectivity index (χ0) is 13.7. The van der Waals surface area contributed by atoms with Crippen molar-refractivity contribution in [3.63, 3.8) is 0 Å². The molecule has 1 unspecified atom stereocenters. The highest BCUT2D eigenvalue weighted by molar-refractivity contribution is 9.10. The largest absolute Gasteiger partial charge is 0.480 e. The fourth-order valence-electron chi connectivity index (χ4n) is 1.26. The van der Waals surface area contributed by atoms with E-state index in [-0.39, 0.29) is 12.5 Å². The summed E-state index contributed by atoms with van der Waals surface area (Å²) in [5.41, 5.74) is 1.70. The van der Waals surface area contributed by atoms with Gasteiger partial charge in [-0.2, -0.15) is 0 Å². The average molecular weight is 315 g/mol. The molecule has 3 N–H and O–H groups in total. The molecule has 0 bridgehead atoms. The lowest BCUT2D eigenvalue weighted by atomic mass is 10.2. The number of anilines is 1. The Balaban J connectivity index is 2.49. The predicted octanol–water partition coefficient (Wildman–Crippen LogP) is 1.76. The van der Waals surface area contributed by atoms with Gasteiger partial charge in [0.2, 0.25) is 5.91 Å². The van der Waals surface area contributed by atoms with Crippen molar-refractivity contribution in [3.8, 4) is 0 Å². The highest BCUT2D eigenvalue weighted by Crippen LogP contribution is 2.19. The maximum Gasteiger partial charge on any atom is 0.320 e. The van der Waals surface area contributed by atoms with Gasteiger partial charge in [-0.15, -0.1) is 0 Å². The van der Waals surface area contributed by atoms with Crippen LogP contribution >= 0.6 is 15.9 Å². The van der Waals surface area contributed by atoms with Crippen LogP contribution < -0.4 is 10.6 Å². The minimum atomic E-state index is -0.984. The normalized spacial score (nSPS) is 11.9.